The predicted octanol–water partition coefficient (Wildman–Crippen LogP) is 2.85. The highest BCUT2D eigenvalue weighted by atomic mass is 16.5. The van der Waals surface area contributed by atoms with Crippen molar-refractivity contribution in [3.05, 3.63) is 0 Å². The SMILES string of the molecule is COCC[C@H]1CC2CC3CC3(C2)C1. The predicted molar refractivity (Wildman–Crippen MR) is 52.5 cm³/mol. The third kappa shape index (κ3) is 1.24. The van der Waals surface area contributed by atoms with E-state index in [0.29, 0.717) is 0 Å². The van der Waals surface area contributed by atoms with Crippen molar-refractivity contribution in [3.8, 4) is 0 Å². The Labute approximate surface area is 80.8 Å². The van der Waals surface area contributed by atoms with Crippen LogP contribution in [0, 0.1) is 23.2 Å². The second-order valence-electron chi connectivity index (χ2n) is 5.66. The molecule has 0 heterocycles. The second kappa shape index (κ2) is 2.73. The number of ether oxygens (including phenoxy) is 1. The summed E-state index contributed by atoms with van der Waals surface area (Å²) in [6.45, 7) is 0.984. The summed E-state index contributed by atoms with van der Waals surface area (Å²) >= 11 is 0. The lowest BCUT2D eigenvalue weighted by molar-refractivity contribution is 0.139. The van der Waals surface area contributed by atoms with Gasteiger partial charge in [0.2, 0.25) is 0 Å². The molecule has 0 saturated heterocycles. The van der Waals surface area contributed by atoms with Gasteiger partial charge < -0.3 is 4.74 Å². The van der Waals surface area contributed by atoms with Crippen molar-refractivity contribution < 1.29 is 4.74 Å². The zero-order valence-corrected chi connectivity index (χ0v) is 8.59. The van der Waals surface area contributed by atoms with Gasteiger partial charge in [-0.25, -0.2) is 0 Å². The summed E-state index contributed by atoms with van der Waals surface area (Å²) in [5.74, 6) is 3.27. The highest BCUT2D eigenvalue weighted by Crippen LogP contribution is 2.72. The van der Waals surface area contributed by atoms with Crippen molar-refractivity contribution in [2.75, 3.05) is 13.7 Å². The van der Waals surface area contributed by atoms with Gasteiger partial charge in [0.1, 0.15) is 0 Å². The molecule has 1 spiro atoms. The van der Waals surface area contributed by atoms with Gasteiger partial charge in [0, 0.05) is 13.7 Å². The molecule has 13 heavy (non-hydrogen) atoms. The lowest BCUT2D eigenvalue weighted by Crippen LogP contribution is -2.20. The summed E-state index contributed by atoms with van der Waals surface area (Å²) in [6.07, 6.45) is 9.11. The van der Waals surface area contributed by atoms with Crippen LogP contribution in [0.25, 0.3) is 0 Å². The first kappa shape index (κ1) is 8.28. The number of hydrogen-bond acceptors (Lipinski definition) is 1. The fourth-order valence-electron chi connectivity index (χ4n) is 4.22. The van der Waals surface area contributed by atoms with Crippen LogP contribution >= 0.6 is 0 Å². The maximum Gasteiger partial charge on any atom is 0.0464 e. The molecule has 0 radical (unpaired) electrons. The molecule has 3 rings (SSSR count). The Morgan fingerprint density at radius 3 is 2.92 bits per heavy atom. The Balaban J connectivity index is 1.61. The van der Waals surface area contributed by atoms with Crippen LogP contribution in [-0.2, 0) is 4.74 Å². The van der Waals surface area contributed by atoms with Crippen LogP contribution in [0.1, 0.15) is 38.5 Å². The van der Waals surface area contributed by atoms with Crippen LogP contribution in [0.2, 0.25) is 0 Å². The van der Waals surface area contributed by atoms with E-state index in [4.69, 9.17) is 4.74 Å². The van der Waals surface area contributed by atoms with Crippen molar-refractivity contribution in [2.45, 2.75) is 38.5 Å². The maximum absolute atomic E-state index is 5.18. The Hall–Kier alpha value is -0.0400. The molecule has 0 aliphatic heterocycles. The van der Waals surface area contributed by atoms with Crippen LogP contribution in [0.4, 0.5) is 0 Å². The van der Waals surface area contributed by atoms with E-state index in [2.05, 4.69) is 0 Å². The molecule has 0 aromatic carbocycles. The van der Waals surface area contributed by atoms with Crippen LogP contribution in [-0.4, -0.2) is 13.7 Å². The maximum atomic E-state index is 5.18. The minimum absolute atomic E-state index is 0.876. The molecule has 3 fully saturated rings. The lowest BCUT2D eigenvalue weighted by atomic mass is 9.75. The third-order valence-corrected chi connectivity index (χ3v) is 4.76. The van der Waals surface area contributed by atoms with Crippen LogP contribution in [0.3, 0.4) is 0 Å². The molecule has 3 saturated carbocycles. The number of rotatable bonds is 3. The van der Waals surface area contributed by atoms with Gasteiger partial charge in [-0.05, 0) is 61.7 Å². The van der Waals surface area contributed by atoms with Crippen LogP contribution < -0.4 is 0 Å². The molecule has 74 valence electrons. The average Bonchev–Trinajstić information content (AvgIpc) is 2.66. The molecule has 3 aliphatic carbocycles. The van der Waals surface area contributed by atoms with E-state index >= 15 is 0 Å². The molecule has 0 N–H and O–H groups in total. The fourth-order valence-corrected chi connectivity index (χ4v) is 4.22. The van der Waals surface area contributed by atoms with E-state index < -0.39 is 0 Å². The number of hydrogen-bond donors (Lipinski definition) is 0. The number of methoxy groups -OCH3 is 1. The van der Waals surface area contributed by atoms with Crippen LogP contribution in [0.15, 0.2) is 0 Å². The van der Waals surface area contributed by atoms with Gasteiger partial charge in [-0.3, -0.25) is 0 Å². The Kier molecular flexibility index (Phi) is 1.74. The van der Waals surface area contributed by atoms with Crippen molar-refractivity contribution in [1.29, 1.82) is 0 Å². The van der Waals surface area contributed by atoms with E-state index in [1.165, 1.54) is 19.3 Å². The van der Waals surface area contributed by atoms with Gasteiger partial charge in [-0.1, -0.05) is 0 Å². The Bertz CT molecular complexity index is 213. The second-order valence-corrected chi connectivity index (χ2v) is 5.66. The van der Waals surface area contributed by atoms with Gasteiger partial charge in [0.25, 0.3) is 0 Å². The molecule has 4 atom stereocenters. The Morgan fingerprint density at radius 2 is 2.15 bits per heavy atom. The van der Waals surface area contributed by atoms with Gasteiger partial charge in [-0.2, -0.15) is 0 Å². The normalized spacial score (nSPS) is 51.9. The van der Waals surface area contributed by atoms with Crippen molar-refractivity contribution in [3.63, 3.8) is 0 Å². The third-order valence-electron chi connectivity index (χ3n) is 4.76. The summed E-state index contributed by atoms with van der Waals surface area (Å²) in [5.41, 5.74) is 0.876. The molecule has 1 nitrogen and oxygen atoms in total. The first-order chi connectivity index (χ1) is 6.32. The van der Waals surface area contributed by atoms with Crippen LogP contribution in [0.5, 0.6) is 0 Å². The molecule has 2 bridgehead atoms. The lowest BCUT2D eigenvalue weighted by Gasteiger charge is -2.30. The summed E-state index contributed by atoms with van der Waals surface area (Å²) < 4.78 is 5.18. The van der Waals surface area contributed by atoms with Gasteiger partial charge >= 0.3 is 0 Å². The smallest absolute Gasteiger partial charge is 0.0464 e. The topological polar surface area (TPSA) is 9.23 Å². The van der Waals surface area contributed by atoms with Gasteiger partial charge in [0.15, 0.2) is 0 Å². The zero-order chi connectivity index (χ0) is 8.89. The van der Waals surface area contributed by atoms with Crippen molar-refractivity contribution in [1.82, 2.24) is 0 Å². The quantitative estimate of drug-likeness (QED) is 0.649. The summed E-state index contributed by atoms with van der Waals surface area (Å²) in [4.78, 5) is 0. The zero-order valence-electron chi connectivity index (χ0n) is 8.59. The summed E-state index contributed by atoms with van der Waals surface area (Å²) in [6, 6.07) is 0. The van der Waals surface area contributed by atoms with Crippen molar-refractivity contribution >= 4 is 0 Å². The average molecular weight is 180 g/mol. The molecule has 0 aromatic rings. The van der Waals surface area contributed by atoms with E-state index in [9.17, 15) is 0 Å². The molecular formula is C12H20O. The van der Waals surface area contributed by atoms with Gasteiger partial charge in [0.05, 0.1) is 0 Å². The van der Waals surface area contributed by atoms with E-state index in [0.717, 1.165) is 29.8 Å². The molecule has 0 aromatic heterocycles. The summed E-state index contributed by atoms with van der Waals surface area (Å²) in [7, 11) is 1.83. The molecular weight excluding hydrogens is 160 g/mol. The molecule has 1 heteroatoms. The standard InChI is InChI=1S/C12H20O/c1-13-3-2-9-4-10-5-11-8-12(11,6-9)7-10/h9-11H,2-8H2,1H3/t9-,10?,11?,12?/m0/s1. The highest BCUT2D eigenvalue weighted by Gasteiger charge is 2.62. The van der Waals surface area contributed by atoms with E-state index in [-0.39, 0.29) is 0 Å². The fraction of sp³-hybridized carbons (Fsp3) is 1.00. The molecule has 3 aliphatic rings. The number of fused-ring (bicyclic) bond motifs is 1. The minimum atomic E-state index is 0.876. The first-order valence-corrected chi connectivity index (χ1v) is 5.81. The highest BCUT2D eigenvalue weighted by molar-refractivity contribution is 5.12. The van der Waals surface area contributed by atoms with Gasteiger partial charge in [-0.15, -0.1) is 0 Å². The van der Waals surface area contributed by atoms with E-state index in [1.54, 1.807) is 19.3 Å². The Morgan fingerprint density at radius 1 is 1.23 bits per heavy atom. The van der Waals surface area contributed by atoms with Crippen molar-refractivity contribution in [2.24, 2.45) is 23.2 Å². The first-order valence-electron chi connectivity index (χ1n) is 5.81. The summed E-state index contributed by atoms with van der Waals surface area (Å²) in [5, 5.41) is 0. The largest absolute Gasteiger partial charge is 0.385 e. The van der Waals surface area contributed by atoms with E-state index in [1.807, 2.05) is 7.11 Å². The molecule has 3 unspecified atom stereocenters. The monoisotopic (exact) mass is 180 g/mol. The molecule has 0 amide bonds. The minimum Gasteiger partial charge on any atom is -0.385 e.